The normalized spacial score (nSPS) is 17.6. The van der Waals surface area contributed by atoms with Crippen LogP contribution in [-0.2, 0) is 0 Å². The zero-order valence-electron chi connectivity index (χ0n) is 21.4. The molecule has 3 heterocycles. The molecule has 2 atom stereocenters. The number of anilines is 1. The van der Waals surface area contributed by atoms with E-state index in [2.05, 4.69) is 65.6 Å². The van der Waals surface area contributed by atoms with Crippen molar-refractivity contribution in [3.05, 3.63) is 94.3 Å². The van der Waals surface area contributed by atoms with Gasteiger partial charge >= 0.3 is 0 Å². The highest BCUT2D eigenvalue weighted by Crippen LogP contribution is 2.52. The molecule has 2 aliphatic heterocycles. The van der Waals surface area contributed by atoms with E-state index in [1.54, 1.807) is 27.7 Å². The molecule has 0 saturated heterocycles. The fourth-order valence-electron chi connectivity index (χ4n) is 5.18. The molecule has 1 N–H and O–H groups in total. The second kappa shape index (κ2) is 8.89. The van der Waals surface area contributed by atoms with Gasteiger partial charge in [0.1, 0.15) is 24.2 Å². The van der Waals surface area contributed by atoms with Gasteiger partial charge in [0.05, 0.1) is 27.0 Å². The summed E-state index contributed by atoms with van der Waals surface area (Å²) in [6.45, 7) is 4.16. The zero-order valence-corrected chi connectivity index (χ0v) is 21.4. The molecule has 0 fully saturated rings. The van der Waals surface area contributed by atoms with Crippen molar-refractivity contribution >= 4 is 11.6 Å². The molecule has 0 radical (unpaired) electrons. The van der Waals surface area contributed by atoms with Crippen molar-refractivity contribution in [2.75, 3.05) is 26.6 Å². The predicted octanol–water partition coefficient (Wildman–Crippen LogP) is 5.48. The Morgan fingerprint density at radius 2 is 1.54 bits per heavy atom. The lowest BCUT2D eigenvalue weighted by Gasteiger charge is -2.39. The second-order valence-electron chi connectivity index (χ2n) is 9.25. The molecule has 8 nitrogen and oxygen atoms in total. The molecule has 188 valence electrons. The van der Waals surface area contributed by atoms with Gasteiger partial charge in [-0.1, -0.05) is 41.5 Å². The Morgan fingerprint density at radius 3 is 2.22 bits per heavy atom. The van der Waals surface area contributed by atoms with Crippen LogP contribution in [0.3, 0.4) is 0 Å². The smallest absolute Gasteiger partial charge is 0.226 e. The number of aryl methyl sites for hydroxylation is 2. The number of benzene rings is 3. The van der Waals surface area contributed by atoms with E-state index < -0.39 is 6.10 Å². The van der Waals surface area contributed by atoms with E-state index in [-0.39, 0.29) is 6.04 Å². The summed E-state index contributed by atoms with van der Waals surface area (Å²) in [5.41, 5.74) is 7.27. The van der Waals surface area contributed by atoms with Gasteiger partial charge in [-0.2, -0.15) is 10.1 Å². The molecule has 0 unspecified atom stereocenters. The fourth-order valence-corrected chi connectivity index (χ4v) is 5.18. The first kappa shape index (κ1) is 23.0. The average molecular weight is 497 g/mol. The maximum absolute atomic E-state index is 6.77. The van der Waals surface area contributed by atoms with Crippen LogP contribution < -0.4 is 24.3 Å². The van der Waals surface area contributed by atoms with E-state index >= 15 is 0 Å². The standard InChI is InChI=1S/C29H28N4O4/c1-16-6-9-18(10-7-16)26-24-25(32-29-30-15-31-33(26)29)20-12-17(2)8-11-21(20)37-27(24)19-13-22(34-3)28(36-5)23(14-19)35-4/h6-15,26-27H,1-5H3,(H,30,31,32)/t26-,27+/m1/s1. The SMILES string of the molecule is COc1cc([C@@H]2Oc3ccc(C)cc3C3=C2[C@@H](c2ccc(C)cc2)n2ncnc2N3)cc(OC)c1OC. The monoisotopic (exact) mass is 496 g/mol. The number of fused-ring (bicyclic) bond motifs is 3. The fraction of sp³-hybridized carbons (Fsp3) is 0.241. The molecule has 0 amide bonds. The first-order valence-electron chi connectivity index (χ1n) is 12.1. The van der Waals surface area contributed by atoms with Crippen LogP contribution in [0.4, 0.5) is 5.95 Å². The van der Waals surface area contributed by atoms with Crippen LogP contribution in [0.2, 0.25) is 0 Å². The third-order valence-electron chi connectivity index (χ3n) is 6.95. The second-order valence-corrected chi connectivity index (χ2v) is 9.25. The Bertz CT molecular complexity index is 1500. The maximum Gasteiger partial charge on any atom is 0.226 e. The molecule has 4 aromatic rings. The largest absolute Gasteiger partial charge is 0.493 e. The van der Waals surface area contributed by atoms with E-state index in [0.717, 1.165) is 39.3 Å². The van der Waals surface area contributed by atoms with Gasteiger partial charge in [-0.3, -0.25) is 0 Å². The Kier molecular flexibility index (Phi) is 5.52. The molecule has 2 aliphatic rings. The van der Waals surface area contributed by atoms with Gasteiger partial charge in [0.25, 0.3) is 0 Å². The molecule has 3 aromatic carbocycles. The number of nitrogens with one attached hydrogen (secondary N) is 1. The van der Waals surface area contributed by atoms with Gasteiger partial charge in [0.2, 0.25) is 11.7 Å². The highest BCUT2D eigenvalue weighted by atomic mass is 16.5. The van der Waals surface area contributed by atoms with Crippen LogP contribution in [-0.4, -0.2) is 36.1 Å². The van der Waals surface area contributed by atoms with E-state index in [0.29, 0.717) is 23.2 Å². The van der Waals surface area contributed by atoms with Crippen molar-refractivity contribution in [1.82, 2.24) is 14.8 Å². The topological polar surface area (TPSA) is 79.7 Å². The van der Waals surface area contributed by atoms with E-state index in [4.69, 9.17) is 18.9 Å². The number of aromatic nitrogens is 3. The minimum absolute atomic E-state index is 0.243. The number of nitrogens with zero attached hydrogens (tertiary/aromatic N) is 3. The Morgan fingerprint density at radius 1 is 0.838 bits per heavy atom. The maximum atomic E-state index is 6.77. The number of hydrogen-bond donors (Lipinski definition) is 1. The Balaban J connectivity index is 1.63. The molecule has 0 bridgehead atoms. The van der Waals surface area contributed by atoms with Crippen molar-refractivity contribution in [2.45, 2.75) is 26.0 Å². The summed E-state index contributed by atoms with van der Waals surface area (Å²) in [4.78, 5) is 4.52. The Hall–Kier alpha value is -4.46. The summed E-state index contributed by atoms with van der Waals surface area (Å²) in [5, 5.41) is 8.16. The molecular weight excluding hydrogens is 468 g/mol. The minimum atomic E-state index is -0.463. The predicted molar refractivity (Wildman–Crippen MR) is 141 cm³/mol. The summed E-state index contributed by atoms with van der Waals surface area (Å²) in [6, 6.07) is 18.4. The summed E-state index contributed by atoms with van der Waals surface area (Å²) >= 11 is 0. The summed E-state index contributed by atoms with van der Waals surface area (Å²) in [7, 11) is 4.83. The quantitative estimate of drug-likeness (QED) is 0.392. The summed E-state index contributed by atoms with van der Waals surface area (Å²) in [5.74, 6) is 3.13. The van der Waals surface area contributed by atoms with Gasteiger partial charge in [0.15, 0.2) is 11.5 Å². The van der Waals surface area contributed by atoms with Gasteiger partial charge < -0.3 is 24.3 Å². The van der Waals surface area contributed by atoms with Crippen molar-refractivity contribution < 1.29 is 18.9 Å². The lowest BCUT2D eigenvalue weighted by Crippen LogP contribution is -2.32. The molecule has 0 saturated carbocycles. The Labute approximate surface area is 215 Å². The van der Waals surface area contributed by atoms with Crippen LogP contribution in [0, 0.1) is 13.8 Å². The van der Waals surface area contributed by atoms with Gasteiger partial charge in [-0.05, 0) is 43.7 Å². The zero-order chi connectivity index (χ0) is 25.7. The van der Waals surface area contributed by atoms with E-state index in [1.165, 1.54) is 5.56 Å². The highest BCUT2D eigenvalue weighted by molar-refractivity contribution is 5.85. The highest BCUT2D eigenvalue weighted by Gasteiger charge is 2.41. The lowest BCUT2D eigenvalue weighted by atomic mass is 9.84. The van der Waals surface area contributed by atoms with E-state index in [9.17, 15) is 0 Å². The summed E-state index contributed by atoms with van der Waals surface area (Å²) in [6.07, 6.45) is 1.11. The van der Waals surface area contributed by atoms with Crippen LogP contribution in [0.25, 0.3) is 5.70 Å². The minimum Gasteiger partial charge on any atom is -0.493 e. The molecule has 37 heavy (non-hydrogen) atoms. The first-order chi connectivity index (χ1) is 18.0. The van der Waals surface area contributed by atoms with Crippen molar-refractivity contribution in [2.24, 2.45) is 0 Å². The van der Waals surface area contributed by atoms with Crippen molar-refractivity contribution in [1.29, 1.82) is 0 Å². The number of ether oxygens (including phenoxy) is 4. The third kappa shape index (κ3) is 3.67. The van der Waals surface area contributed by atoms with Crippen molar-refractivity contribution in [3.8, 4) is 23.0 Å². The van der Waals surface area contributed by atoms with Crippen LogP contribution in [0.1, 0.15) is 40.0 Å². The van der Waals surface area contributed by atoms with Crippen molar-refractivity contribution in [3.63, 3.8) is 0 Å². The van der Waals surface area contributed by atoms with Crippen LogP contribution >= 0.6 is 0 Å². The molecule has 0 aliphatic carbocycles. The van der Waals surface area contributed by atoms with Gasteiger partial charge in [-0.15, -0.1) is 0 Å². The third-order valence-corrected chi connectivity index (χ3v) is 6.95. The lowest BCUT2D eigenvalue weighted by molar-refractivity contribution is 0.221. The van der Waals surface area contributed by atoms with Crippen LogP contribution in [0.5, 0.6) is 23.0 Å². The summed E-state index contributed by atoms with van der Waals surface area (Å²) < 4.78 is 25.6. The van der Waals surface area contributed by atoms with Gasteiger partial charge in [0, 0.05) is 16.7 Å². The van der Waals surface area contributed by atoms with Gasteiger partial charge in [-0.25, -0.2) is 4.68 Å². The molecule has 8 heteroatoms. The molecule has 1 aromatic heterocycles. The number of rotatable bonds is 5. The molecule has 0 spiro atoms. The number of hydrogen-bond acceptors (Lipinski definition) is 7. The molecule has 6 rings (SSSR count). The first-order valence-corrected chi connectivity index (χ1v) is 12.1. The van der Waals surface area contributed by atoms with Crippen LogP contribution in [0.15, 0.2) is 66.5 Å². The average Bonchev–Trinajstić information content (AvgIpc) is 3.39. The molecular formula is C29H28N4O4. The number of methoxy groups -OCH3 is 3. The van der Waals surface area contributed by atoms with E-state index in [1.807, 2.05) is 22.9 Å².